The van der Waals surface area contributed by atoms with Crippen molar-refractivity contribution in [2.45, 2.75) is 24.0 Å². The standard InChI is InChI=1S/C11H15BrO3S/c1-8(2)11(7-13)16(14,15)10-5-3-9(12)4-6-10/h3-6,8,11,13H,7H2,1-2H3. The van der Waals surface area contributed by atoms with Gasteiger partial charge in [-0.3, -0.25) is 0 Å². The Hall–Kier alpha value is -0.390. The molecule has 1 aromatic carbocycles. The van der Waals surface area contributed by atoms with Crippen molar-refractivity contribution in [3.05, 3.63) is 28.7 Å². The van der Waals surface area contributed by atoms with Gasteiger partial charge in [0, 0.05) is 4.47 Å². The molecule has 1 unspecified atom stereocenters. The molecule has 0 aliphatic heterocycles. The second-order valence-corrected chi connectivity index (χ2v) is 7.05. The SMILES string of the molecule is CC(C)C(CO)S(=O)(=O)c1ccc(Br)cc1. The Balaban J connectivity index is 3.15. The highest BCUT2D eigenvalue weighted by Gasteiger charge is 2.29. The van der Waals surface area contributed by atoms with Gasteiger partial charge in [0.2, 0.25) is 0 Å². The van der Waals surface area contributed by atoms with Crippen molar-refractivity contribution >= 4 is 25.8 Å². The van der Waals surface area contributed by atoms with Crippen molar-refractivity contribution in [2.24, 2.45) is 5.92 Å². The topological polar surface area (TPSA) is 54.4 Å². The van der Waals surface area contributed by atoms with E-state index < -0.39 is 15.1 Å². The van der Waals surface area contributed by atoms with Crippen LogP contribution in [-0.4, -0.2) is 25.4 Å². The first-order chi connectivity index (χ1) is 7.39. The van der Waals surface area contributed by atoms with Crippen LogP contribution >= 0.6 is 15.9 Å². The molecule has 0 aliphatic carbocycles. The van der Waals surface area contributed by atoms with Crippen LogP contribution in [0.2, 0.25) is 0 Å². The fraction of sp³-hybridized carbons (Fsp3) is 0.455. The van der Waals surface area contributed by atoms with Gasteiger partial charge in [-0.2, -0.15) is 0 Å². The van der Waals surface area contributed by atoms with E-state index in [0.717, 1.165) is 4.47 Å². The van der Waals surface area contributed by atoms with Gasteiger partial charge >= 0.3 is 0 Å². The number of sulfone groups is 1. The average Bonchev–Trinajstić information content (AvgIpc) is 2.18. The maximum Gasteiger partial charge on any atom is 0.183 e. The molecule has 1 aromatic rings. The zero-order valence-electron chi connectivity index (χ0n) is 9.22. The first-order valence-electron chi connectivity index (χ1n) is 5.00. The maximum atomic E-state index is 12.1. The van der Waals surface area contributed by atoms with Crippen molar-refractivity contribution in [3.8, 4) is 0 Å². The monoisotopic (exact) mass is 306 g/mol. The maximum absolute atomic E-state index is 12.1. The minimum Gasteiger partial charge on any atom is -0.395 e. The third-order valence-electron chi connectivity index (χ3n) is 2.46. The minimum atomic E-state index is -3.44. The van der Waals surface area contributed by atoms with Gasteiger partial charge in [0.1, 0.15) is 0 Å². The lowest BCUT2D eigenvalue weighted by molar-refractivity contribution is 0.269. The van der Waals surface area contributed by atoms with E-state index in [0.29, 0.717) is 0 Å². The molecule has 0 saturated carbocycles. The second-order valence-electron chi connectivity index (χ2n) is 3.96. The number of halogens is 1. The van der Waals surface area contributed by atoms with Crippen molar-refractivity contribution in [2.75, 3.05) is 6.61 Å². The minimum absolute atomic E-state index is 0.112. The van der Waals surface area contributed by atoms with Crippen LogP contribution in [0.1, 0.15) is 13.8 Å². The molecule has 0 aliphatic rings. The molecule has 1 N–H and O–H groups in total. The molecule has 0 amide bonds. The van der Waals surface area contributed by atoms with E-state index in [1.54, 1.807) is 38.1 Å². The molecule has 0 bridgehead atoms. The lowest BCUT2D eigenvalue weighted by Gasteiger charge is -2.18. The van der Waals surface area contributed by atoms with E-state index in [1.807, 2.05) is 0 Å². The molecule has 16 heavy (non-hydrogen) atoms. The number of hydrogen-bond acceptors (Lipinski definition) is 3. The lowest BCUT2D eigenvalue weighted by Crippen LogP contribution is -2.30. The number of benzene rings is 1. The number of hydrogen-bond donors (Lipinski definition) is 1. The van der Waals surface area contributed by atoms with Crippen LogP contribution in [0.5, 0.6) is 0 Å². The molecule has 0 saturated heterocycles. The third kappa shape index (κ3) is 2.84. The van der Waals surface area contributed by atoms with Crippen molar-refractivity contribution in [1.29, 1.82) is 0 Å². The molecular weight excluding hydrogens is 292 g/mol. The molecule has 3 nitrogen and oxygen atoms in total. The Bertz CT molecular complexity index is 437. The summed E-state index contributed by atoms with van der Waals surface area (Å²) in [6.45, 7) is 3.23. The van der Waals surface area contributed by atoms with E-state index in [1.165, 1.54) is 0 Å². The number of aliphatic hydroxyl groups is 1. The van der Waals surface area contributed by atoms with Crippen molar-refractivity contribution in [3.63, 3.8) is 0 Å². The summed E-state index contributed by atoms with van der Waals surface area (Å²) >= 11 is 3.25. The van der Waals surface area contributed by atoms with Crippen LogP contribution in [0.15, 0.2) is 33.6 Å². The summed E-state index contributed by atoms with van der Waals surface area (Å²) in [5, 5.41) is 8.42. The summed E-state index contributed by atoms with van der Waals surface area (Å²) in [6, 6.07) is 6.46. The average molecular weight is 307 g/mol. The molecule has 0 spiro atoms. The van der Waals surface area contributed by atoms with Crippen LogP contribution in [0, 0.1) is 5.92 Å². The van der Waals surface area contributed by atoms with Gasteiger partial charge in [-0.1, -0.05) is 29.8 Å². The Labute approximate surface area is 105 Å². The highest BCUT2D eigenvalue weighted by Crippen LogP contribution is 2.22. The predicted molar refractivity (Wildman–Crippen MR) is 67.0 cm³/mol. The van der Waals surface area contributed by atoms with Crippen LogP contribution in [0.4, 0.5) is 0 Å². The fourth-order valence-corrected chi connectivity index (χ4v) is 3.51. The van der Waals surface area contributed by atoms with E-state index in [-0.39, 0.29) is 17.4 Å². The highest BCUT2D eigenvalue weighted by atomic mass is 79.9. The predicted octanol–water partition coefficient (Wildman–Crippen LogP) is 2.24. The van der Waals surface area contributed by atoms with Gasteiger partial charge in [0.05, 0.1) is 16.8 Å². The Morgan fingerprint density at radius 1 is 1.25 bits per heavy atom. The molecular formula is C11H15BrO3S. The normalized spacial score (nSPS) is 14.1. The van der Waals surface area contributed by atoms with E-state index in [2.05, 4.69) is 15.9 Å². The number of aliphatic hydroxyl groups excluding tert-OH is 1. The van der Waals surface area contributed by atoms with Crippen LogP contribution in [0.3, 0.4) is 0 Å². The Morgan fingerprint density at radius 3 is 2.12 bits per heavy atom. The molecule has 0 aromatic heterocycles. The third-order valence-corrected chi connectivity index (χ3v) is 5.41. The van der Waals surface area contributed by atoms with Crippen LogP contribution < -0.4 is 0 Å². The quantitative estimate of drug-likeness (QED) is 0.928. The fourth-order valence-electron chi connectivity index (χ4n) is 1.47. The van der Waals surface area contributed by atoms with Gasteiger partial charge in [-0.25, -0.2) is 8.42 Å². The van der Waals surface area contributed by atoms with Gasteiger partial charge in [-0.05, 0) is 30.2 Å². The van der Waals surface area contributed by atoms with Crippen LogP contribution in [0.25, 0.3) is 0 Å². The smallest absolute Gasteiger partial charge is 0.183 e. The summed E-state index contributed by atoms with van der Waals surface area (Å²) in [4.78, 5) is 0.253. The van der Waals surface area contributed by atoms with E-state index >= 15 is 0 Å². The Kier molecular flexibility index (Phi) is 4.52. The summed E-state index contributed by atoms with van der Waals surface area (Å²) in [5.41, 5.74) is 0. The van der Waals surface area contributed by atoms with Gasteiger partial charge in [-0.15, -0.1) is 0 Å². The summed E-state index contributed by atoms with van der Waals surface area (Å²) in [6.07, 6.45) is 0. The summed E-state index contributed by atoms with van der Waals surface area (Å²) < 4.78 is 25.1. The molecule has 0 radical (unpaired) electrons. The van der Waals surface area contributed by atoms with Gasteiger partial charge < -0.3 is 5.11 Å². The van der Waals surface area contributed by atoms with E-state index in [4.69, 9.17) is 5.11 Å². The number of rotatable bonds is 4. The largest absolute Gasteiger partial charge is 0.395 e. The molecule has 90 valence electrons. The highest BCUT2D eigenvalue weighted by molar-refractivity contribution is 9.10. The Morgan fingerprint density at radius 2 is 1.75 bits per heavy atom. The summed E-state index contributed by atoms with van der Waals surface area (Å²) in [7, 11) is -3.44. The molecule has 1 rings (SSSR count). The van der Waals surface area contributed by atoms with Crippen molar-refractivity contribution < 1.29 is 13.5 Å². The first-order valence-corrected chi connectivity index (χ1v) is 7.34. The van der Waals surface area contributed by atoms with E-state index in [9.17, 15) is 8.42 Å². The second kappa shape index (κ2) is 5.29. The van der Waals surface area contributed by atoms with Crippen LogP contribution in [-0.2, 0) is 9.84 Å². The first kappa shape index (κ1) is 13.7. The van der Waals surface area contributed by atoms with Crippen molar-refractivity contribution in [1.82, 2.24) is 0 Å². The molecule has 0 fully saturated rings. The zero-order valence-corrected chi connectivity index (χ0v) is 11.6. The zero-order chi connectivity index (χ0) is 12.3. The van der Waals surface area contributed by atoms with Gasteiger partial charge in [0.15, 0.2) is 9.84 Å². The molecule has 1 atom stereocenters. The lowest BCUT2D eigenvalue weighted by atomic mass is 10.1. The van der Waals surface area contributed by atoms with Gasteiger partial charge in [0.25, 0.3) is 0 Å². The summed E-state index contributed by atoms with van der Waals surface area (Å²) in [5.74, 6) is -0.112. The molecule has 5 heteroatoms. The molecule has 0 heterocycles.